The van der Waals surface area contributed by atoms with Crippen LogP contribution in [-0.4, -0.2) is 26.0 Å². The van der Waals surface area contributed by atoms with Crippen molar-refractivity contribution in [2.45, 2.75) is 68.5 Å². The van der Waals surface area contributed by atoms with E-state index in [1.807, 2.05) is 24.3 Å². The van der Waals surface area contributed by atoms with Crippen LogP contribution in [0, 0.1) is 23.5 Å². The van der Waals surface area contributed by atoms with Crippen LogP contribution in [0.5, 0.6) is 5.75 Å². The van der Waals surface area contributed by atoms with E-state index in [9.17, 15) is 12.8 Å². The Bertz CT molecular complexity index is 1150. The van der Waals surface area contributed by atoms with Crippen LogP contribution in [0.4, 0.5) is 8.78 Å². The third-order valence-corrected chi connectivity index (χ3v) is 11.0. The molecular formula is C27H31ClF2O3S. The molecule has 0 bridgehead atoms. The number of hydrogen-bond donors (Lipinski definition) is 0. The molecule has 1 heterocycles. The SMILES string of the molecule is O=S(=O)(CC[C@@H]1CCC[C@@]2(Cc3ccc(Cl)cc3)c3c(F)ccc(F)c3OC[C@@H]12)C1CCCC1. The van der Waals surface area contributed by atoms with Crippen molar-refractivity contribution in [2.75, 3.05) is 12.4 Å². The lowest BCUT2D eigenvalue weighted by Gasteiger charge is -2.52. The summed E-state index contributed by atoms with van der Waals surface area (Å²) in [4.78, 5) is 0. The summed E-state index contributed by atoms with van der Waals surface area (Å²) < 4.78 is 62.0. The van der Waals surface area contributed by atoms with Gasteiger partial charge in [-0.05, 0) is 74.3 Å². The van der Waals surface area contributed by atoms with Crippen molar-refractivity contribution in [3.05, 3.63) is 64.2 Å². The van der Waals surface area contributed by atoms with E-state index in [0.29, 0.717) is 29.8 Å². The molecule has 3 aliphatic rings. The number of ether oxygens (including phenoxy) is 1. The van der Waals surface area contributed by atoms with E-state index in [0.717, 1.165) is 50.2 Å². The molecule has 0 aromatic heterocycles. The smallest absolute Gasteiger partial charge is 0.165 e. The molecule has 2 aromatic carbocycles. The largest absolute Gasteiger partial charge is 0.490 e. The number of sulfone groups is 1. The molecule has 0 N–H and O–H groups in total. The summed E-state index contributed by atoms with van der Waals surface area (Å²) in [5.41, 5.74) is 0.681. The van der Waals surface area contributed by atoms with Gasteiger partial charge in [0.15, 0.2) is 21.4 Å². The first kappa shape index (κ1) is 24.1. The molecule has 3 nitrogen and oxygen atoms in total. The van der Waals surface area contributed by atoms with Gasteiger partial charge in [-0.15, -0.1) is 0 Å². The van der Waals surface area contributed by atoms with Gasteiger partial charge in [0.1, 0.15) is 5.82 Å². The lowest BCUT2D eigenvalue weighted by atomic mass is 9.55. The Morgan fingerprint density at radius 1 is 0.971 bits per heavy atom. The van der Waals surface area contributed by atoms with Crippen molar-refractivity contribution in [3.63, 3.8) is 0 Å². The minimum atomic E-state index is -3.15. The normalized spacial score (nSPS) is 27.1. The third kappa shape index (κ3) is 4.37. The summed E-state index contributed by atoms with van der Waals surface area (Å²) in [6.45, 7) is 0.273. The molecule has 2 saturated carbocycles. The van der Waals surface area contributed by atoms with Crippen molar-refractivity contribution in [1.29, 1.82) is 0 Å². The lowest BCUT2D eigenvalue weighted by Crippen LogP contribution is -2.51. The fourth-order valence-corrected chi connectivity index (χ4v) is 8.93. The molecule has 34 heavy (non-hydrogen) atoms. The zero-order chi connectivity index (χ0) is 23.9. The van der Waals surface area contributed by atoms with Crippen LogP contribution in [0.3, 0.4) is 0 Å². The standard InChI is InChI=1S/C27H31ClF2O3S/c28-20-9-7-18(8-10-20)16-27-14-3-4-19(13-15-34(31,32)21-5-1-2-6-21)22(27)17-33-26-24(30)12-11-23(29)25(26)27/h7-12,19,21-22H,1-6,13-17H2/t19-,22-,27-/m0/s1. The molecule has 0 radical (unpaired) electrons. The van der Waals surface area contributed by atoms with Crippen LogP contribution in [0.15, 0.2) is 36.4 Å². The highest BCUT2D eigenvalue weighted by molar-refractivity contribution is 7.92. The van der Waals surface area contributed by atoms with Crippen molar-refractivity contribution < 1.29 is 21.9 Å². The number of rotatable bonds is 6. The summed E-state index contributed by atoms with van der Waals surface area (Å²) in [6.07, 6.45) is 7.00. The summed E-state index contributed by atoms with van der Waals surface area (Å²) in [6, 6.07) is 9.83. The van der Waals surface area contributed by atoms with E-state index in [2.05, 4.69) is 0 Å². The van der Waals surface area contributed by atoms with Crippen LogP contribution in [0.1, 0.15) is 62.5 Å². The lowest BCUT2D eigenvalue weighted by molar-refractivity contribution is 0.0317. The summed E-state index contributed by atoms with van der Waals surface area (Å²) in [7, 11) is -3.15. The molecule has 2 fully saturated rings. The highest BCUT2D eigenvalue weighted by atomic mass is 35.5. The Kier molecular flexibility index (Phi) is 6.66. The summed E-state index contributed by atoms with van der Waals surface area (Å²) in [5.74, 6) is -0.823. The molecule has 3 atom stereocenters. The molecule has 184 valence electrons. The van der Waals surface area contributed by atoms with Gasteiger partial charge in [0.2, 0.25) is 0 Å². The molecule has 2 aliphatic carbocycles. The molecule has 7 heteroatoms. The molecular weight excluding hydrogens is 478 g/mol. The van der Waals surface area contributed by atoms with Gasteiger partial charge >= 0.3 is 0 Å². The van der Waals surface area contributed by atoms with Crippen molar-refractivity contribution in [3.8, 4) is 5.75 Å². The first-order chi connectivity index (χ1) is 16.3. The van der Waals surface area contributed by atoms with Gasteiger partial charge in [-0.2, -0.15) is 0 Å². The van der Waals surface area contributed by atoms with Crippen LogP contribution in [-0.2, 0) is 21.7 Å². The first-order valence-corrected chi connectivity index (χ1v) is 14.5. The molecule has 1 aliphatic heterocycles. The summed E-state index contributed by atoms with van der Waals surface area (Å²) in [5, 5.41) is 0.408. The number of benzene rings is 2. The molecule has 0 spiro atoms. The van der Waals surface area contributed by atoms with E-state index in [4.69, 9.17) is 16.3 Å². The number of hydrogen-bond acceptors (Lipinski definition) is 3. The minimum Gasteiger partial charge on any atom is -0.490 e. The second kappa shape index (κ2) is 9.42. The Labute approximate surface area is 205 Å². The van der Waals surface area contributed by atoms with E-state index in [1.165, 1.54) is 6.07 Å². The number of halogens is 3. The van der Waals surface area contributed by atoms with Gasteiger partial charge in [-0.25, -0.2) is 17.2 Å². The topological polar surface area (TPSA) is 43.4 Å². The van der Waals surface area contributed by atoms with E-state index in [-0.39, 0.29) is 35.2 Å². The third-order valence-electron chi connectivity index (χ3n) is 8.46. The highest BCUT2D eigenvalue weighted by Gasteiger charge is 2.52. The minimum absolute atomic E-state index is 0.0180. The van der Waals surface area contributed by atoms with Crippen LogP contribution in [0.2, 0.25) is 5.02 Å². The van der Waals surface area contributed by atoms with E-state index < -0.39 is 26.9 Å². The molecule has 0 amide bonds. The predicted molar refractivity (Wildman–Crippen MR) is 130 cm³/mol. The van der Waals surface area contributed by atoms with Gasteiger partial charge in [0, 0.05) is 21.9 Å². The van der Waals surface area contributed by atoms with Crippen molar-refractivity contribution in [1.82, 2.24) is 0 Å². The quantitative estimate of drug-likeness (QED) is 0.438. The Morgan fingerprint density at radius 3 is 2.41 bits per heavy atom. The second-order valence-corrected chi connectivity index (χ2v) is 13.2. The zero-order valence-electron chi connectivity index (χ0n) is 19.2. The second-order valence-electron chi connectivity index (χ2n) is 10.3. The zero-order valence-corrected chi connectivity index (χ0v) is 20.8. The molecule has 0 saturated heterocycles. The van der Waals surface area contributed by atoms with Gasteiger partial charge in [-0.3, -0.25) is 0 Å². The van der Waals surface area contributed by atoms with Crippen LogP contribution >= 0.6 is 11.6 Å². The molecule has 5 rings (SSSR count). The van der Waals surface area contributed by atoms with E-state index >= 15 is 4.39 Å². The fourth-order valence-electron chi connectivity index (χ4n) is 6.78. The van der Waals surface area contributed by atoms with Crippen LogP contribution < -0.4 is 4.74 Å². The van der Waals surface area contributed by atoms with Gasteiger partial charge in [-0.1, -0.05) is 43.0 Å². The predicted octanol–water partition coefficient (Wildman–Crippen LogP) is 6.65. The molecule has 0 unspecified atom stereocenters. The average molecular weight is 509 g/mol. The van der Waals surface area contributed by atoms with Crippen molar-refractivity contribution in [2.24, 2.45) is 11.8 Å². The average Bonchev–Trinajstić information content (AvgIpc) is 3.37. The van der Waals surface area contributed by atoms with Gasteiger partial charge < -0.3 is 4.74 Å². The first-order valence-electron chi connectivity index (χ1n) is 12.4. The van der Waals surface area contributed by atoms with Gasteiger partial charge in [0.05, 0.1) is 17.6 Å². The monoisotopic (exact) mass is 508 g/mol. The van der Waals surface area contributed by atoms with Gasteiger partial charge in [0.25, 0.3) is 0 Å². The Morgan fingerprint density at radius 2 is 1.68 bits per heavy atom. The maximum absolute atomic E-state index is 15.4. The maximum Gasteiger partial charge on any atom is 0.165 e. The summed E-state index contributed by atoms with van der Waals surface area (Å²) >= 11 is 6.09. The fraction of sp³-hybridized carbons (Fsp3) is 0.556. The molecule has 2 aromatic rings. The van der Waals surface area contributed by atoms with Crippen LogP contribution in [0.25, 0.3) is 0 Å². The van der Waals surface area contributed by atoms with E-state index in [1.54, 1.807) is 0 Å². The number of fused-ring (bicyclic) bond motifs is 3. The maximum atomic E-state index is 15.4. The highest BCUT2D eigenvalue weighted by Crippen LogP contribution is 2.55. The Hall–Kier alpha value is -1.66. The van der Waals surface area contributed by atoms with Crippen molar-refractivity contribution >= 4 is 21.4 Å². The Balaban J connectivity index is 1.50.